The van der Waals surface area contributed by atoms with E-state index in [1.807, 2.05) is 0 Å². The Balaban J connectivity index is 2.01. The van der Waals surface area contributed by atoms with Crippen LogP contribution in [-0.2, 0) is 16.0 Å². The Hall–Kier alpha value is -2.95. The Morgan fingerprint density at radius 2 is 1.95 bits per heavy atom. The number of rotatable bonds is 5. The van der Waals surface area contributed by atoms with Crippen molar-refractivity contribution >= 4 is 23.6 Å². The van der Waals surface area contributed by atoms with Gasteiger partial charge in [-0.05, 0) is 41.5 Å². The van der Waals surface area contributed by atoms with Crippen LogP contribution in [0.25, 0.3) is 6.08 Å². The third-order valence-corrected chi connectivity index (χ3v) is 2.70. The Morgan fingerprint density at radius 3 is 2.67 bits per heavy atom. The summed E-state index contributed by atoms with van der Waals surface area (Å²) in [5.74, 6) is -1.15. The van der Waals surface area contributed by atoms with Gasteiger partial charge in [-0.15, -0.1) is 0 Å². The number of aromatic nitrogens is 1. The number of nitrogens with zero attached hydrogens (tertiary/aromatic N) is 1. The molecule has 0 saturated carbocycles. The number of pyridine rings is 1. The quantitative estimate of drug-likeness (QED) is 0.825. The first kappa shape index (κ1) is 14.5. The van der Waals surface area contributed by atoms with Gasteiger partial charge in [0.2, 0.25) is 5.91 Å². The van der Waals surface area contributed by atoms with Crippen molar-refractivity contribution in [3.63, 3.8) is 0 Å². The number of amides is 1. The first-order valence-corrected chi connectivity index (χ1v) is 6.33. The van der Waals surface area contributed by atoms with Gasteiger partial charge in [-0.1, -0.05) is 12.1 Å². The number of benzene rings is 1. The normalized spacial score (nSPS) is 10.5. The molecule has 0 bridgehead atoms. The van der Waals surface area contributed by atoms with E-state index in [-0.39, 0.29) is 12.3 Å². The summed E-state index contributed by atoms with van der Waals surface area (Å²) in [6.07, 6.45) is 6.07. The van der Waals surface area contributed by atoms with Crippen LogP contribution in [0.1, 0.15) is 11.1 Å². The van der Waals surface area contributed by atoms with Crippen LogP contribution in [0, 0.1) is 0 Å². The molecule has 2 N–H and O–H groups in total. The van der Waals surface area contributed by atoms with E-state index in [1.54, 1.807) is 48.8 Å². The zero-order chi connectivity index (χ0) is 15.1. The molecule has 1 aromatic carbocycles. The van der Waals surface area contributed by atoms with Gasteiger partial charge in [-0.25, -0.2) is 4.79 Å². The van der Waals surface area contributed by atoms with Crippen molar-refractivity contribution in [3.05, 3.63) is 66.0 Å². The van der Waals surface area contributed by atoms with Crippen LogP contribution in [-0.4, -0.2) is 22.0 Å². The van der Waals surface area contributed by atoms with E-state index in [2.05, 4.69) is 10.3 Å². The number of carbonyl (C=O) groups is 2. The molecular weight excluding hydrogens is 268 g/mol. The number of carboxylic acids is 1. The maximum Gasteiger partial charge on any atom is 0.328 e. The van der Waals surface area contributed by atoms with Gasteiger partial charge in [0, 0.05) is 24.2 Å². The molecule has 21 heavy (non-hydrogen) atoms. The third-order valence-electron chi connectivity index (χ3n) is 2.70. The largest absolute Gasteiger partial charge is 0.478 e. The fourth-order valence-corrected chi connectivity index (χ4v) is 1.78. The predicted octanol–water partition coefficient (Wildman–Crippen LogP) is 2.36. The number of carbonyl (C=O) groups excluding carboxylic acids is 1. The van der Waals surface area contributed by atoms with E-state index < -0.39 is 5.97 Å². The molecule has 0 aliphatic rings. The number of anilines is 1. The first-order valence-electron chi connectivity index (χ1n) is 6.33. The standard InChI is InChI=1S/C16H14N2O3/c19-15(11-13-6-8-17-9-7-13)18-14-3-1-2-12(10-14)4-5-16(20)21/h1-10H,11H2,(H,18,19)(H,20,21)/b5-4+. The molecule has 0 fully saturated rings. The lowest BCUT2D eigenvalue weighted by atomic mass is 10.1. The Labute approximate surface area is 122 Å². The molecular formula is C16H14N2O3. The molecule has 0 spiro atoms. The van der Waals surface area contributed by atoms with E-state index in [1.165, 1.54) is 6.08 Å². The van der Waals surface area contributed by atoms with Gasteiger partial charge in [0.15, 0.2) is 0 Å². The summed E-state index contributed by atoms with van der Waals surface area (Å²) >= 11 is 0. The fourth-order valence-electron chi connectivity index (χ4n) is 1.78. The summed E-state index contributed by atoms with van der Waals surface area (Å²) in [7, 11) is 0. The van der Waals surface area contributed by atoms with Crippen LogP contribution >= 0.6 is 0 Å². The van der Waals surface area contributed by atoms with E-state index in [9.17, 15) is 9.59 Å². The summed E-state index contributed by atoms with van der Waals surface area (Å²) in [6.45, 7) is 0. The zero-order valence-electron chi connectivity index (χ0n) is 11.2. The van der Waals surface area contributed by atoms with Crippen LogP contribution < -0.4 is 5.32 Å². The molecule has 1 heterocycles. The minimum atomic E-state index is -1.01. The van der Waals surface area contributed by atoms with E-state index in [0.29, 0.717) is 11.3 Å². The van der Waals surface area contributed by atoms with Crippen LogP contribution in [0.3, 0.4) is 0 Å². The molecule has 2 rings (SSSR count). The van der Waals surface area contributed by atoms with Crippen molar-refractivity contribution in [1.82, 2.24) is 4.98 Å². The maximum absolute atomic E-state index is 11.9. The molecule has 5 heteroatoms. The number of aliphatic carboxylic acids is 1. The summed E-state index contributed by atoms with van der Waals surface area (Å²) < 4.78 is 0. The van der Waals surface area contributed by atoms with Crippen molar-refractivity contribution in [1.29, 1.82) is 0 Å². The molecule has 1 amide bonds. The summed E-state index contributed by atoms with van der Waals surface area (Å²) in [5, 5.41) is 11.4. The van der Waals surface area contributed by atoms with Gasteiger partial charge in [0.1, 0.15) is 0 Å². The van der Waals surface area contributed by atoms with E-state index >= 15 is 0 Å². The van der Waals surface area contributed by atoms with Crippen LogP contribution in [0.5, 0.6) is 0 Å². The lowest BCUT2D eigenvalue weighted by molar-refractivity contribution is -0.131. The Morgan fingerprint density at radius 1 is 1.19 bits per heavy atom. The lowest BCUT2D eigenvalue weighted by Crippen LogP contribution is -2.14. The monoisotopic (exact) mass is 282 g/mol. The van der Waals surface area contributed by atoms with Gasteiger partial charge in [-0.3, -0.25) is 9.78 Å². The Kier molecular flexibility index (Phi) is 4.82. The predicted molar refractivity (Wildman–Crippen MR) is 79.7 cm³/mol. The number of carboxylic acid groups (broad SMARTS) is 1. The van der Waals surface area contributed by atoms with Crippen molar-refractivity contribution in [2.75, 3.05) is 5.32 Å². The van der Waals surface area contributed by atoms with E-state index in [4.69, 9.17) is 5.11 Å². The molecule has 0 atom stereocenters. The van der Waals surface area contributed by atoms with Gasteiger partial charge in [0.05, 0.1) is 6.42 Å². The first-order chi connectivity index (χ1) is 10.1. The Bertz CT molecular complexity index is 666. The molecule has 0 radical (unpaired) electrons. The second kappa shape index (κ2) is 7.00. The highest BCUT2D eigenvalue weighted by Gasteiger charge is 2.04. The molecule has 0 unspecified atom stereocenters. The topological polar surface area (TPSA) is 79.3 Å². The van der Waals surface area contributed by atoms with Crippen LogP contribution in [0.4, 0.5) is 5.69 Å². The third kappa shape index (κ3) is 4.91. The van der Waals surface area contributed by atoms with Gasteiger partial charge < -0.3 is 10.4 Å². The van der Waals surface area contributed by atoms with Crippen molar-refractivity contribution in [3.8, 4) is 0 Å². The minimum absolute atomic E-state index is 0.138. The maximum atomic E-state index is 11.9. The van der Waals surface area contributed by atoms with Gasteiger partial charge in [0.25, 0.3) is 0 Å². The van der Waals surface area contributed by atoms with Gasteiger partial charge >= 0.3 is 5.97 Å². The molecule has 0 saturated heterocycles. The average molecular weight is 282 g/mol. The molecule has 1 aromatic heterocycles. The molecule has 0 aliphatic carbocycles. The smallest absolute Gasteiger partial charge is 0.328 e. The highest BCUT2D eigenvalue weighted by molar-refractivity contribution is 5.92. The second-order valence-electron chi connectivity index (χ2n) is 4.38. The van der Waals surface area contributed by atoms with Crippen molar-refractivity contribution in [2.24, 2.45) is 0 Å². The SMILES string of the molecule is O=C(O)/C=C/c1cccc(NC(=O)Cc2ccncc2)c1. The van der Waals surface area contributed by atoms with E-state index in [0.717, 1.165) is 11.6 Å². The van der Waals surface area contributed by atoms with Crippen molar-refractivity contribution < 1.29 is 14.7 Å². The number of nitrogens with one attached hydrogen (secondary N) is 1. The molecule has 2 aromatic rings. The average Bonchev–Trinajstić information content (AvgIpc) is 2.46. The highest BCUT2D eigenvalue weighted by Crippen LogP contribution is 2.12. The molecule has 106 valence electrons. The van der Waals surface area contributed by atoms with Crippen molar-refractivity contribution in [2.45, 2.75) is 6.42 Å². The molecule has 0 aliphatic heterocycles. The minimum Gasteiger partial charge on any atom is -0.478 e. The summed E-state index contributed by atoms with van der Waals surface area (Å²) in [6, 6.07) is 10.5. The molecule has 5 nitrogen and oxygen atoms in total. The van der Waals surface area contributed by atoms with Crippen LogP contribution in [0.2, 0.25) is 0 Å². The highest BCUT2D eigenvalue weighted by atomic mass is 16.4. The number of hydrogen-bond donors (Lipinski definition) is 2. The lowest BCUT2D eigenvalue weighted by Gasteiger charge is -2.06. The summed E-state index contributed by atoms with van der Waals surface area (Å²) in [5.41, 5.74) is 2.21. The summed E-state index contributed by atoms with van der Waals surface area (Å²) in [4.78, 5) is 26.3. The second-order valence-corrected chi connectivity index (χ2v) is 4.38. The van der Waals surface area contributed by atoms with Gasteiger partial charge in [-0.2, -0.15) is 0 Å². The fraction of sp³-hybridized carbons (Fsp3) is 0.0625. The zero-order valence-corrected chi connectivity index (χ0v) is 11.2. The number of hydrogen-bond acceptors (Lipinski definition) is 3. The van der Waals surface area contributed by atoms with Crippen LogP contribution in [0.15, 0.2) is 54.9 Å².